The number of hydrogen-bond acceptors (Lipinski definition) is 3. The van der Waals surface area contributed by atoms with Gasteiger partial charge in [-0.15, -0.1) is 0 Å². The molecule has 0 fully saturated rings. The number of aromatic nitrogens is 1. The van der Waals surface area contributed by atoms with Crippen molar-refractivity contribution in [1.29, 1.82) is 0 Å². The van der Waals surface area contributed by atoms with E-state index in [1.807, 2.05) is 12.1 Å². The number of hydrogen-bond donors (Lipinski definition) is 1. The van der Waals surface area contributed by atoms with E-state index in [0.717, 1.165) is 16.8 Å². The van der Waals surface area contributed by atoms with E-state index in [1.165, 1.54) is 17.7 Å². The molecule has 1 aliphatic heterocycles. The third-order valence-electron chi connectivity index (χ3n) is 5.06. The van der Waals surface area contributed by atoms with Gasteiger partial charge in [-0.2, -0.15) is 0 Å². The van der Waals surface area contributed by atoms with Gasteiger partial charge in [-0.1, -0.05) is 24.3 Å². The highest BCUT2D eigenvalue weighted by molar-refractivity contribution is 5.98. The van der Waals surface area contributed by atoms with Gasteiger partial charge in [-0.05, 0) is 60.9 Å². The minimum absolute atomic E-state index is 0.0785. The first-order chi connectivity index (χ1) is 13.0. The molecule has 3 aromatic rings. The van der Waals surface area contributed by atoms with E-state index in [0.29, 0.717) is 17.8 Å². The summed E-state index contributed by atoms with van der Waals surface area (Å²) in [6.07, 6.45) is 1.32. The molecule has 1 aliphatic rings. The van der Waals surface area contributed by atoms with Gasteiger partial charge in [0, 0.05) is 18.4 Å². The molecule has 136 valence electrons. The molecule has 0 radical (unpaired) electrons. The fourth-order valence-electron chi connectivity index (χ4n) is 3.39. The van der Waals surface area contributed by atoms with Gasteiger partial charge in [0.25, 0.3) is 5.91 Å². The average Bonchev–Trinajstić information content (AvgIpc) is 2.93. The Morgan fingerprint density at radius 3 is 2.63 bits per heavy atom. The second kappa shape index (κ2) is 6.83. The first-order valence-corrected chi connectivity index (χ1v) is 8.87. The molecule has 0 bridgehead atoms. The van der Waals surface area contributed by atoms with E-state index < -0.39 is 0 Å². The van der Waals surface area contributed by atoms with Crippen LogP contribution in [0.4, 0.5) is 10.1 Å². The van der Waals surface area contributed by atoms with Gasteiger partial charge in [0.15, 0.2) is 0 Å². The summed E-state index contributed by atoms with van der Waals surface area (Å²) in [6.45, 7) is 4.49. The lowest BCUT2D eigenvalue weighted by Crippen LogP contribution is -2.32. The van der Waals surface area contributed by atoms with Gasteiger partial charge in [-0.3, -0.25) is 9.78 Å². The lowest BCUT2D eigenvalue weighted by molar-refractivity contribution is 0.0727. The molecular formula is C22H20FN3O. The summed E-state index contributed by atoms with van der Waals surface area (Å²) in [5, 5.41) is 3.49. The van der Waals surface area contributed by atoms with Crippen molar-refractivity contribution in [2.75, 3.05) is 5.32 Å². The van der Waals surface area contributed by atoms with Gasteiger partial charge in [0.1, 0.15) is 12.0 Å². The number of nitrogens with zero attached hydrogens (tertiary/aromatic N) is 2. The number of carbonyl (C=O) groups is 1. The molecule has 0 saturated heterocycles. The van der Waals surface area contributed by atoms with Gasteiger partial charge >= 0.3 is 0 Å². The number of amides is 1. The molecule has 0 unspecified atom stereocenters. The Kier molecular flexibility index (Phi) is 4.36. The van der Waals surface area contributed by atoms with Crippen LogP contribution in [0, 0.1) is 19.7 Å². The SMILES string of the molecule is Cc1cccc(N[C@@H]2c3ncccc3C(=O)N2Cc2ccc(F)cc2)c1C. The van der Waals surface area contributed by atoms with Crippen molar-refractivity contribution in [3.05, 3.63) is 94.6 Å². The number of anilines is 1. The predicted molar refractivity (Wildman–Crippen MR) is 103 cm³/mol. The molecule has 1 amide bonds. The zero-order valence-electron chi connectivity index (χ0n) is 15.2. The van der Waals surface area contributed by atoms with Crippen LogP contribution in [-0.4, -0.2) is 15.8 Å². The van der Waals surface area contributed by atoms with Crippen molar-refractivity contribution < 1.29 is 9.18 Å². The van der Waals surface area contributed by atoms with Crippen molar-refractivity contribution >= 4 is 11.6 Å². The standard InChI is InChI=1S/C22H20FN3O/c1-14-5-3-7-19(15(14)2)25-21-20-18(6-4-12-24-20)22(27)26(21)13-16-8-10-17(23)11-9-16/h3-12,21,25H,13H2,1-2H3/t21-/m0/s1. The zero-order chi connectivity index (χ0) is 19.0. The second-order valence-corrected chi connectivity index (χ2v) is 6.79. The fraction of sp³-hybridized carbons (Fsp3) is 0.182. The van der Waals surface area contributed by atoms with Crippen molar-refractivity contribution in [2.24, 2.45) is 0 Å². The highest BCUT2D eigenvalue weighted by Gasteiger charge is 2.38. The smallest absolute Gasteiger partial charge is 0.258 e. The number of halogens is 1. The highest BCUT2D eigenvalue weighted by atomic mass is 19.1. The van der Waals surface area contributed by atoms with Crippen molar-refractivity contribution in [3.8, 4) is 0 Å². The van der Waals surface area contributed by atoms with Crippen molar-refractivity contribution in [2.45, 2.75) is 26.6 Å². The Morgan fingerprint density at radius 2 is 1.85 bits per heavy atom. The summed E-state index contributed by atoms with van der Waals surface area (Å²) in [5.74, 6) is -0.369. The van der Waals surface area contributed by atoms with Gasteiger partial charge in [0.2, 0.25) is 0 Å². The van der Waals surface area contributed by atoms with Crippen LogP contribution in [0.25, 0.3) is 0 Å². The molecule has 4 nitrogen and oxygen atoms in total. The minimum atomic E-state index is -0.376. The summed E-state index contributed by atoms with van der Waals surface area (Å²) >= 11 is 0. The Labute approximate surface area is 157 Å². The summed E-state index contributed by atoms with van der Waals surface area (Å²) in [7, 11) is 0. The van der Waals surface area contributed by atoms with Crippen LogP contribution in [0.2, 0.25) is 0 Å². The van der Waals surface area contributed by atoms with E-state index >= 15 is 0 Å². The first kappa shape index (κ1) is 17.2. The maximum atomic E-state index is 13.2. The number of benzene rings is 2. The Bertz CT molecular complexity index is 1000. The van der Waals surface area contributed by atoms with E-state index in [1.54, 1.807) is 35.4 Å². The number of aryl methyl sites for hydroxylation is 1. The number of carbonyl (C=O) groups excluding carboxylic acids is 1. The number of fused-ring (bicyclic) bond motifs is 1. The lowest BCUT2D eigenvalue weighted by atomic mass is 10.1. The van der Waals surface area contributed by atoms with Crippen LogP contribution in [-0.2, 0) is 6.54 Å². The zero-order valence-corrected chi connectivity index (χ0v) is 15.2. The number of rotatable bonds is 4. The molecule has 0 aliphatic carbocycles. The fourth-order valence-corrected chi connectivity index (χ4v) is 3.39. The van der Waals surface area contributed by atoms with Crippen molar-refractivity contribution in [3.63, 3.8) is 0 Å². The summed E-state index contributed by atoms with van der Waals surface area (Å²) in [4.78, 5) is 19.2. The maximum absolute atomic E-state index is 13.2. The number of pyridine rings is 1. The normalized spacial score (nSPS) is 15.7. The molecule has 1 aromatic heterocycles. The summed E-state index contributed by atoms with van der Waals surface area (Å²) in [6, 6.07) is 15.8. The molecule has 2 aromatic carbocycles. The molecule has 0 saturated carbocycles. The Hall–Kier alpha value is -3.21. The minimum Gasteiger partial charge on any atom is -0.360 e. The van der Waals surface area contributed by atoms with Gasteiger partial charge in [-0.25, -0.2) is 4.39 Å². The molecule has 0 spiro atoms. The topological polar surface area (TPSA) is 45.2 Å². The first-order valence-electron chi connectivity index (χ1n) is 8.87. The quantitative estimate of drug-likeness (QED) is 0.738. The van der Waals surface area contributed by atoms with Crippen LogP contribution in [0.15, 0.2) is 60.8 Å². The maximum Gasteiger partial charge on any atom is 0.258 e. The molecule has 1 N–H and O–H groups in total. The molecule has 2 heterocycles. The molecule has 5 heteroatoms. The third-order valence-corrected chi connectivity index (χ3v) is 5.06. The highest BCUT2D eigenvalue weighted by Crippen LogP contribution is 2.35. The largest absolute Gasteiger partial charge is 0.360 e. The molecule has 27 heavy (non-hydrogen) atoms. The third kappa shape index (κ3) is 3.16. The van der Waals surface area contributed by atoms with E-state index in [9.17, 15) is 9.18 Å². The van der Waals surface area contributed by atoms with Crippen LogP contribution >= 0.6 is 0 Å². The molecule has 1 atom stereocenters. The summed E-state index contributed by atoms with van der Waals surface area (Å²) < 4.78 is 13.2. The Balaban J connectivity index is 1.71. The Morgan fingerprint density at radius 1 is 1.07 bits per heavy atom. The van der Waals surface area contributed by atoms with Gasteiger partial charge < -0.3 is 10.2 Å². The van der Waals surface area contributed by atoms with Crippen LogP contribution in [0.3, 0.4) is 0 Å². The number of nitrogens with one attached hydrogen (secondary N) is 1. The summed E-state index contributed by atoms with van der Waals surface area (Å²) in [5.41, 5.74) is 5.46. The van der Waals surface area contributed by atoms with Crippen molar-refractivity contribution in [1.82, 2.24) is 9.88 Å². The predicted octanol–water partition coefficient (Wildman–Crippen LogP) is 4.60. The lowest BCUT2D eigenvalue weighted by Gasteiger charge is -2.27. The van der Waals surface area contributed by atoms with Crippen LogP contribution in [0.1, 0.15) is 38.9 Å². The van der Waals surface area contributed by atoms with Gasteiger partial charge in [0.05, 0.1) is 11.3 Å². The monoisotopic (exact) mass is 361 g/mol. The molecule has 4 rings (SSSR count). The average molecular weight is 361 g/mol. The van der Waals surface area contributed by atoms with E-state index in [4.69, 9.17) is 0 Å². The molecular weight excluding hydrogens is 341 g/mol. The van der Waals surface area contributed by atoms with E-state index in [2.05, 4.69) is 30.2 Å². The van der Waals surface area contributed by atoms with Crippen LogP contribution in [0.5, 0.6) is 0 Å². The van der Waals surface area contributed by atoms with Crippen LogP contribution < -0.4 is 5.32 Å². The van der Waals surface area contributed by atoms with E-state index in [-0.39, 0.29) is 17.9 Å². The second-order valence-electron chi connectivity index (χ2n) is 6.79.